The molecule has 5 nitrogen and oxygen atoms in total. The first-order valence-corrected chi connectivity index (χ1v) is 6.95. The third kappa shape index (κ3) is 4.24. The van der Waals surface area contributed by atoms with Crippen LogP contribution in [0.1, 0.15) is 10.7 Å². The minimum Gasteiger partial charge on any atom is -0.550 e. The van der Waals surface area contributed by atoms with Crippen LogP contribution in [0, 0.1) is 0 Å². The number of methoxy groups -OCH3 is 1. The summed E-state index contributed by atoms with van der Waals surface area (Å²) in [6.07, 6.45) is 0.488. The number of carboxylic acid groups (broad SMARTS) is 1. The van der Waals surface area contributed by atoms with Gasteiger partial charge in [0.25, 0.3) is 0 Å². The van der Waals surface area contributed by atoms with E-state index in [-0.39, 0.29) is 6.42 Å². The van der Waals surface area contributed by atoms with Gasteiger partial charge in [0, 0.05) is 30.3 Å². The van der Waals surface area contributed by atoms with Crippen LogP contribution in [0.4, 0.5) is 0 Å². The molecule has 0 spiro atoms. The van der Waals surface area contributed by atoms with Crippen LogP contribution >= 0.6 is 11.3 Å². The van der Waals surface area contributed by atoms with E-state index in [1.165, 1.54) is 11.3 Å². The van der Waals surface area contributed by atoms with E-state index in [4.69, 9.17) is 9.47 Å². The van der Waals surface area contributed by atoms with Crippen LogP contribution in [0.2, 0.25) is 0 Å². The topological polar surface area (TPSA) is 71.5 Å². The van der Waals surface area contributed by atoms with Crippen molar-refractivity contribution in [3.8, 4) is 11.5 Å². The molecule has 106 valence electrons. The molecule has 2 aromatic rings. The van der Waals surface area contributed by atoms with E-state index in [1.54, 1.807) is 12.5 Å². The lowest BCUT2D eigenvalue weighted by molar-refractivity contribution is -0.304. The van der Waals surface area contributed by atoms with Gasteiger partial charge in [0.15, 0.2) is 0 Å². The van der Waals surface area contributed by atoms with Crippen molar-refractivity contribution in [3.05, 3.63) is 40.3 Å². The second-order valence-electron chi connectivity index (χ2n) is 4.06. The van der Waals surface area contributed by atoms with Crippen molar-refractivity contribution in [1.82, 2.24) is 4.98 Å². The third-order valence-electron chi connectivity index (χ3n) is 2.55. The molecule has 0 fully saturated rings. The fraction of sp³-hybridized carbons (Fsp3) is 0.286. The highest BCUT2D eigenvalue weighted by atomic mass is 32.1. The van der Waals surface area contributed by atoms with E-state index in [0.717, 1.165) is 16.5 Å². The standard InChI is InChI=1S/C14H15NO4S/c1-18-11-3-2-4-12(8-11)19-6-5-13-15-10(9-20-13)7-14(16)17/h2-4,8-9H,5-7H2,1H3,(H,16,17)/p-1. The van der Waals surface area contributed by atoms with Crippen molar-refractivity contribution in [3.63, 3.8) is 0 Å². The lowest BCUT2D eigenvalue weighted by Crippen LogP contribution is -2.24. The Labute approximate surface area is 120 Å². The molecule has 0 radical (unpaired) electrons. The molecule has 0 aliphatic carbocycles. The second-order valence-corrected chi connectivity index (χ2v) is 5.00. The minimum atomic E-state index is -1.12. The minimum absolute atomic E-state index is 0.146. The van der Waals surface area contributed by atoms with Crippen LogP contribution in [0.25, 0.3) is 0 Å². The van der Waals surface area contributed by atoms with Gasteiger partial charge >= 0.3 is 0 Å². The van der Waals surface area contributed by atoms with Gasteiger partial charge in [-0.1, -0.05) is 6.07 Å². The van der Waals surface area contributed by atoms with Crippen molar-refractivity contribution in [2.24, 2.45) is 0 Å². The highest BCUT2D eigenvalue weighted by molar-refractivity contribution is 7.09. The summed E-state index contributed by atoms with van der Waals surface area (Å²) >= 11 is 1.43. The van der Waals surface area contributed by atoms with Gasteiger partial charge in [-0.15, -0.1) is 11.3 Å². The molecule has 0 amide bonds. The molecule has 0 aliphatic heterocycles. The number of carbonyl (C=O) groups is 1. The number of aliphatic carboxylic acids is 1. The maximum absolute atomic E-state index is 10.5. The Balaban J connectivity index is 1.83. The molecule has 0 unspecified atom stereocenters. The number of benzene rings is 1. The van der Waals surface area contributed by atoms with Gasteiger partial charge in [-0.3, -0.25) is 0 Å². The number of thiazole rings is 1. The van der Waals surface area contributed by atoms with Gasteiger partial charge in [0.2, 0.25) is 0 Å². The number of ether oxygens (including phenoxy) is 2. The Bertz CT molecular complexity index is 582. The summed E-state index contributed by atoms with van der Waals surface area (Å²) in [5.74, 6) is 0.360. The molecule has 0 saturated heterocycles. The summed E-state index contributed by atoms with van der Waals surface area (Å²) in [6.45, 7) is 0.478. The number of carbonyl (C=O) groups excluding carboxylic acids is 1. The maximum atomic E-state index is 10.5. The van der Waals surface area contributed by atoms with Crippen LogP contribution in [0.15, 0.2) is 29.6 Å². The van der Waals surface area contributed by atoms with Gasteiger partial charge in [0.05, 0.1) is 24.4 Å². The molecule has 1 aromatic carbocycles. The smallest absolute Gasteiger partial charge is 0.123 e. The van der Waals surface area contributed by atoms with Crippen molar-refractivity contribution >= 4 is 17.3 Å². The predicted molar refractivity (Wildman–Crippen MR) is 73.0 cm³/mol. The molecule has 0 saturated carbocycles. The average molecular weight is 292 g/mol. The molecule has 6 heteroatoms. The number of carboxylic acids is 1. The predicted octanol–water partition coefficient (Wildman–Crippen LogP) is 1.07. The first-order valence-electron chi connectivity index (χ1n) is 6.07. The van der Waals surface area contributed by atoms with Gasteiger partial charge in [-0.2, -0.15) is 0 Å². The fourth-order valence-corrected chi connectivity index (χ4v) is 2.42. The van der Waals surface area contributed by atoms with Gasteiger partial charge < -0.3 is 19.4 Å². The summed E-state index contributed by atoms with van der Waals surface area (Å²) in [6, 6.07) is 7.37. The van der Waals surface area contributed by atoms with Gasteiger partial charge in [-0.05, 0) is 12.1 Å². The summed E-state index contributed by atoms with van der Waals surface area (Å²) in [7, 11) is 1.60. The lowest BCUT2D eigenvalue weighted by atomic mass is 10.3. The maximum Gasteiger partial charge on any atom is 0.123 e. The van der Waals surface area contributed by atoms with Crippen molar-refractivity contribution < 1.29 is 19.4 Å². The molecule has 0 aliphatic rings. The molecule has 0 N–H and O–H groups in total. The molecule has 0 bridgehead atoms. The van der Waals surface area contributed by atoms with Crippen LogP contribution in [0.3, 0.4) is 0 Å². The molecule has 2 rings (SSSR count). The van der Waals surface area contributed by atoms with Crippen LogP contribution in [0.5, 0.6) is 11.5 Å². The number of rotatable bonds is 7. The number of aromatic nitrogens is 1. The zero-order valence-electron chi connectivity index (χ0n) is 11.0. The molecular weight excluding hydrogens is 278 g/mol. The molecule has 1 heterocycles. The Morgan fingerprint density at radius 2 is 2.20 bits per heavy atom. The van der Waals surface area contributed by atoms with E-state index in [1.807, 2.05) is 24.3 Å². The van der Waals surface area contributed by atoms with Crippen LogP contribution in [-0.4, -0.2) is 24.7 Å². The van der Waals surface area contributed by atoms with Crippen LogP contribution in [-0.2, 0) is 17.6 Å². The number of hydrogen-bond acceptors (Lipinski definition) is 6. The Morgan fingerprint density at radius 3 is 2.95 bits per heavy atom. The molecule has 20 heavy (non-hydrogen) atoms. The monoisotopic (exact) mass is 292 g/mol. The fourth-order valence-electron chi connectivity index (χ4n) is 1.64. The molecular formula is C14H14NO4S-. The van der Waals surface area contributed by atoms with Crippen molar-refractivity contribution in [2.75, 3.05) is 13.7 Å². The summed E-state index contributed by atoms with van der Waals surface area (Å²) in [5.41, 5.74) is 0.534. The Morgan fingerprint density at radius 1 is 1.40 bits per heavy atom. The Kier molecular flexibility index (Phi) is 4.95. The zero-order chi connectivity index (χ0) is 14.4. The van der Waals surface area contributed by atoms with Gasteiger partial charge in [-0.25, -0.2) is 4.98 Å². The van der Waals surface area contributed by atoms with Crippen molar-refractivity contribution in [1.29, 1.82) is 0 Å². The SMILES string of the molecule is COc1cccc(OCCc2nc(CC(=O)[O-])cs2)c1. The van der Waals surface area contributed by atoms with E-state index in [2.05, 4.69) is 4.98 Å². The molecule has 0 atom stereocenters. The summed E-state index contributed by atoms with van der Waals surface area (Å²) in [5, 5.41) is 13.0. The molecule has 1 aromatic heterocycles. The third-order valence-corrected chi connectivity index (χ3v) is 3.51. The highest BCUT2D eigenvalue weighted by Gasteiger charge is 2.03. The van der Waals surface area contributed by atoms with Gasteiger partial charge in [0.1, 0.15) is 11.5 Å². The highest BCUT2D eigenvalue weighted by Crippen LogP contribution is 2.19. The van der Waals surface area contributed by atoms with Crippen molar-refractivity contribution in [2.45, 2.75) is 12.8 Å². The quantitative estimate of drug-likeness (QED) is 0.763. The zero-order valence-corrected chi connectivity index (χ0v) is 11.8. The van der Waals surface area contributed by atoms with E-state index < -0.39 is 5.97 Å². The number of nitrogens with zero attached hydrogens (tertiary/aromatic N) is 1. The normalized spacial score (nSPS) is 10.2. The van der Waals surface area contributed by atoms with Crippen LogP contribution < -0.4 is 14.6 Å². The van der Waals surface area contributed by atoms with E-state index in [0.29, 0.717) is 18.7 Å². The van der Waals surface area contributed by atoms with E-state index in [9.17, 15) is 9.90 Å². The first-order chi connectivity index (χ1) is 9.67. The summed E-state index contributed by atoms with van der Waals surface area (Å²) < 4.78 is 10.7. The largest absolute Gasteiger partial charge is 0.550 e. The average Bonchev–Trinajstić information content (AvgIpc) is 2.86. The second kappa shape index (κ2) is 6.91. The van der Waals surface area contributed by atoms with E-state index >= 15 is 0 Å². The lowest BCUT2D eigenvalue weighted by Gasteiger charge is -2.06. The number of hydrogen-bond donors (Lipinski definition) is 0. The first kappa shape index (κ1) is 14.3. The Hall–Kier alpha value is -2.08. The summed E-state index contributed by atoms with van der Waals surface area (Å²) in [4.78, 5) is 14.7.